The first kappa shape index (κ1) is 27.5. The first-order chi connectivity index (χ1) is 17.4. The Morgan fingerprint density at radius 2 is 1.22 bits per heavy atom. The molecule has 0 atom stereocenters. The molecule has 0 amide bonds. The van der Waals surface area contributed by atoms with E-state index in [2.05, 4.69) is 16.9 Å². The van der Waals surface area contributed by atoms with E-state index in [0.29, 0.717) is 12.3 Å². The first-order valence-corrected chi connectivity index (χ1v) is 14.3. The minimum Gasteiger partial charge on any atom is -0.494 e. The Morgan fingerprint density at radius 1 is 0.722 bits per heavy atom. The van der Waals surface area contributed by atoms with Gasteiger partial charge in [0.15, 0.2) is 0 Å². The third-order valence-electron chi connectivity index (χ3n) is 6.08. The molecule has 5 nitrogen and oxygen atoms in total. The van der Waals surface area contributed by atoms with E-state index in [1.165, 1.54) is 38.5 Å². The van der Waals surface area contributed by atoms with Crippen LogP contribution in [0.4, 0.5) is 0 Å². The van der Waals surface area contributed by atoms with Crippen molar-refractivity contribution in [3.63, 3.8) is 0 Å². The highest BCUT2D eigenvalue weighted by Gasteiger charge is 2.15. The molecule has 1 N–H and O–H groups in total. The van der Waals surface area contributed by atoms with Gasteiger partial charge in [0.25, 0.3) is 10.0 Å². The highest BCUT2D eigenvalue weighted by molar-refractivity contribution is 7.89. The van der Waals surface area contributed by atoms with Gasteiger partial charge in [0.1, 0.15) is 5.75 Å². The SMILES string of the molecule is CCCCCCCCCOc1ccc(/C(=N/NS(=O)(=O)c2ccc(C)cc2)c2ccc(C)cc2)cc1. The summed E-state index contributed by atoms with van der Waals surface area (Å²) >= 11 is 0. The van der Waals surface area contributed by atoms with Crippen LogP contribution in [-0.2, 0) is 10.0 Å². The Labute approximate surface area is 216 Å². The van der Waals surface area contributed by atoms with Gasteiger partial charge in [-0.3, -0.25) is 0 Å². The molecule has 3 aromatic carbocycles. The summed E-state index contributed by atoms with van der Waals surface area (Å²) < 4.78 is 31.6. The van der Waals surface area contributed by atoms with E-state index in [0.717, 1.165) is 34.4 Å². The summed E-state index contributed by atoms with van der Waals surface area (Å²) in [5.41, 5.74) is 4.28. The molecular weight excluding hydrogens is 468 g/mol. The summed E-state index contributed by atoms with van der Waals surface area (Å²) in [4.78, 5) is 2.59. The lowest BCUT2D eigenvalue weighted by atomic mass is 10.0. The lowest BCUT2D eigenvalue weighted by Crippen LogP contribution is -2.21. The molecule has 3 aromatic rings. The van der Waals surface area contributed by atoms with Gasteiger partial charge in [0.2, 0.25) is 0 Å². The van der Waals surface area contributed by atoms with Crippen LogP contribution in [0.3, 0.4) is 0 Å². The second-order valence-electron chi connectivity index (χ2n) is 9.23. The van der Waals surface area contributed by atoms with Gasteiger partial charge in [-0.1, -0.05) is 93.0 Å². The van der Waals surface area contributed by atoms with Gasteiger partial charge in [0.05, 0.1) is 17.2 Å². The summed E-state index contributed by atoms with van der Waals surface area (Å²) in [6.45, 7) is 6.86. The van der Waals surface area contributed by atoms with Gasteiger partial charge in [-0.05, 0) is 56.7 Å². The minimum absolute atomic E-state index is 0.175. The lowest BCUT2D eigenvalue weighted by molar-refractivity contribution is 0.304. The number of nitrogens with zero attached hydrogens (tertiary/aromatic N) is 1. The molecule has 0 saturated carbocycles. The third-order valence-corrected chi connectivity index (χ3v) is 7.30. The molecule has 0 unspecified atom stereocenters. The van der Waals surface area contributed by atoms with Crippen LogP contribution in [0.1, 0.15) is 74.1 Å². The maximum absolute atomic E-state index is 12.8. The number of sulfonamides is 1. The van der Waals surface area contributed by atoms with Gasteiger partial charge < -0.3 is 4.74 Å². The monoisotopic (exact) mass is 506 g/mol. The predicted octanol–water partition coefficient (Wildman–Crippen LogP) is 7.16. The number of unbranched alkanes of at least 4 members (excludes halogenated alkanes) is 6. The fraction of sp³-hybridized carbons (Fsp3) is 0.367. The van der Waals surface area contributed by atoms with Crippen molar-refractivity contribution >= 4 is 15.7 Å². The molecule has 0 fully saturated rings. The van der Waals surface area contributed by atoms with E-state index in [1.54, 1.807) is 24.3 Å². The van der Waals surface area contributed by atoms with Crippen molar-refractivity contribution in [1.29, 1.82) is 0 Å². The average molecular weight is 507 g/mol. The summed E-state index contributed by atoms with van der Waals surface area (Å²) in [7, 11) is -3.79. The van der Waals surface area contributed by atoms with Crippen LogP contribution in [0, 0.1) is 13.8 Å². The summed E-state index contributed by atoms with van der Waals surface area (Å²) in [6, 6.07) is 22.2. The average Bonchev–Trinajstić information content (AvgIpc) is 2.88. The van der Waals surface area contributed by atoms with E-state index in [-0.39, 0.29) is 4.90 Å². The van der Waals surface area contributed by atoms with Crippen molar-refractivity contribution in [2.24, 2.45) is 5.10 Å². The molecule has 0 aliphatic carbocycles. The number of hydrazone groups is 1. The van der Waals surface area contributed by atoms with E-state index in [4.69, 9.17) is 4.74 Å². The van der Waals surface area contributed by atoms with Crippen LogP contribution in [0.5, 0.6) is 5.75 Å². The Bertz CT molecular complexity index is 1200. The molecule has 0 aliphatic heterocycles. The molecule has 0 heterocycles. The highest BCUT2D eigenvalue weighted by atomic mass is 32.2. The number of benzene rings is 3. The normalized spacial score (nSPS) is 11.9. The minimum atomic E-state index is -3.79. The molecule has 36 heavy (non-hydrogen) atoms. The molecule has 6 heteroatoms. The Morgan fingerprint density at radius 3 is 1.81 bits per heavy atom. The Hall–Kier alpha value is -3.12. The summed E-state index contributed by atoms with van der Waals surface area (Å²) in [5, 5.41) is 4.35. The van der Waals surface area contributed by atoms with E-state index < -0.39 is 10.0 Å². The van der Waals surface area contributed by atoms with Crippen molar-refractivity contribution < 1.29 is 13.2 Å². The third kappa shape index (κ3) is 8.52. The Kier molecular flexibility index (Phi) is 10.6. The zero-order valence-electron chi connectivity index (χ0n) is 21.7. The maximum Gasteiger partial charge on any atom is 0.276 e. The molecule has 0 radical (unpaired) electrons. The van der Waals surface area contributed by atoms with Crippen molar-refractivity contribution in [2.45, 2.75) is 70.6 Å². The van der Waals surface area contributed by atoms with E-state index >= 15 is 0 Å². The molecule has 0 aromatic heterocycles. The Balaban J connectivity index is 1.69. The van der Waals surface area contributed by atoms with Gasteiger partial charge in [-0.2, -0.15) is 18.4 Å². The molecule has 0 spiro atoms. The van der Waals surface area contributed by atoms with Crippen molar-refractivity contribution in [3.05, 3.63) is 95.1 Å². The lowest BCUT2D eigenvalue weighted by Gasteiger charge is -2.11. The van der Waals surface area contributed by atoms with Crippen LogP contribution in [0.2, 0.25) is 0 Å². The van der Waals surface area contributed by atoms with Crippen molar-refractivity contribution in [3.8, 4) is 5.75 Å². The van der Waals surface area contributed by atoms with Crippen LogP contribution < -0.4 is 9.57 Å². The topological polar surface area (TPSA) is 67.8 Å². The number of nitrogens with one attached hydrogen (secondary N) is 1. The molecule has 0 saturated heterocycles. The fourth-order valence-corrected chi connectivity index (χ4v) is 4.65. The molecule has 192 valence electrons. The number of aryl methyl sites for hydroxylation is 2. The largest absolute Gasteiger partial charge is 0.494 e. The van der Waals surface area contributed by atoms with Gasteiger partial charge in [-0.15, -0.1) is 0 Å². The van der Waals surface area contributed by atoms with Crippen LogP contribution in [0.25, 0.3) is 0 Å². The zero-order chi connectivity index (χ0) is 25.8. The predicted molar refractivity (Wildman–Crippen MR) is 148 cm³/mol. The second-order valence-corrected chi connectivity index (χ2v) is 10.9. The number of rotatable bonds is 14. The number of hydrogen-bond donors (Lipinski definition) is 1. The van der Waals surface area contributed by atoms with Gasteiger partial charge in [-0.25, -0.2) is 0 Å². The van der Waals surface area contributed by atoms with Crippen LogP contribution >= 0.6 is 0 Å². The number of ether oxygens (including phenoxy) is 1. The highest BCUT2D eigenvalue weighted by Crippen LogP contribution is 2.18. The van der Waals surface area contributed by atoms with Gasteiger partial charge in [0, 0.05) is 11.1 Å². The number of hydrogen-bond acceptors (Lipinski definition) is 4. The standard InChI is InChI=1S/C30H38N2O3S/c1-4-5-6-7-8-9-10-23-35-28-19-17-27(18-20-28)30(26-15-11-24(2)12-16-26)31-32-36(33,34)29-21-13-25(3)14-22-29/h11-22,32H,4-10,23H2,1-3H3/b31-30+. The second kappa shape index (κ2) is 13.8. The smallest absolute Gasteiger partial charge is 0.276 e. The quantitative estimate of drug-likeness (QED) is 0.143. The first-order valence-electron chi connectivity index (χ1n) is 12.9. The molecule has 0 aliphatic rings. The molecule has 0 bridgehead atoms. The van der Waals surface area contributed by atoms with Crippen molar-refractivity contribution in [2.75, 3.05) is 6.61 Å². The molecule has 3 rings (SSSR count). The zero-order valence-corrected chi connectivity index (χ0v) is 22.5. The van der Waals surface area contributed by atoms with E-state index in [1.807, 2.05) is 62.4 Å². The fourth-order valence-electron chi connectivity index (χ4n) is 3.84. The van der Waals surface area contributed by atoms with Crippen molar-refractivity contribution in [1.82, 2.24) is 4.83 Å². The van der Waals surface area contributed by atoms with Gasteiger partial charge >= 0.3 is 0 Å². The summed E-state index contributed by atoms with van der Waals surface area (Å²) in [6.07, 6.45) is 8.72. The maximum atomic E-state index is 12.8. The molecular formula is C30H38N2O3S. The summed E-state index contributed by atoms with van der Waals surface area (Å²) in [5.74, 6) is 0.799. The van der Waals surface area contributed by atoms with Crippen LogP contribution in [0.15, 0.2) is 82.8 Å². The van der Waals surface area contributed by atoms with E-state index in [9.17, 15) is 8.42 Å². The van der Waals surface area contributed by atoms with Crippen LogP contribution in [-0.4, -0.2) is 20.7 Å².